The molecule has 122 valence electrons. The molecule has 1 atom stereocenters. The van der Waals surface area contributed by atoms with Crippen molar-refractivity contribution >= 4 is 21.8 Å². The van der Waals surface area contributed by atoms with Crippen LogP contribution in [0.15, 0.2) is 22.7 Å². The highest BCUT2D eigenvalue weighted by Gasteiger charge is 2.17. The van der Waals surface area contributed by atoms with Crippen molar-refractivity contribution in [3.8, 4) is 0 Å². The lowest BCUT2D eigenvalue weighted by atomic mass is 10.0. The second kappa shape index (κ2) is 8.63. The number of likely N-dealkylation sites (tertiary alicyclic amines) is 1. The van der Waals surface area contributed by atoms with E-state index in [1.165, 1.54) is 37.9 Å². The number of rotatable bonds is 6. The minimum atomic E-state index is -0.396. The maximum Gasteiger partial charge on any atom is 0.252 e. The number of amides is 1. The third-order valence-electron chi connectivity index (χ3n) is 4.27. The van der Waals surface area contributed by atoms with Crippen LogP contribution in [0, 0.1) is 5.82 Å². The molecule has 1 fully saturated rings. The van der Waals surface area contributed by atoms with E-state index in [0.29, 0.717) is 22.6 Å². The molecule has 22 heavy (non-hydrogen) atoms. The van der Waals surface area contributed by atoms with E-state index in [9.17, 15) is 9.18 Å². The van der Waals surface area contributed by atoms with E-state index in [1.807, 2.05) is 0 Å². The molecule has 1 amide bonds. The first-order chi connectivity index (χ1) is 10.6. The SMILES string of the molecule is CC1CCCCN1CCCCNC(=O)c1cc(F)ccc1Br. The van der Waals surface area contributed by atoms with Gasteiger partial charge < -0.3 is 10.2 Å². The lowest BCUT2D eigenvalue weighted by molar-refractivity contribution is 0.0950. The Kier molecular flexibility index (Phi) is 6.83. The summed E-state index contributed by atoms with van der Waals surface area (Å²) < 4.78 is 13.8. The topological polar surface area (TPSA) is 32.3 Å². The number of halogens is 2. The van der Waals surface area contributed by atoms with Crippen molar-refractivity contribution < 1.29 is 9.18 Å². The number of benzene rings is 1. The smallest absolute Gasteiger partial charge is 0.252 e. The van der Waals surface area contributed by atoms with E-state index in [-0.39, 0.29) is 5.91 Å². The Balaban J connectivity index is 1.68. The second-order valence-electron chi connectivity index (χ2n) is 5.97. The minimum Gasteiger partial charge on any atom is -0.352 e. The molecule has 0 saturated carbocycles. The monoisotopic (exact) mass is 370 g/mol. The van der Waals surface area contributed by atoms with E-state index >= 15 is 0 Å². The van der Waals surface area contributed by atoms with Gasteiger partial charge in [-0.15, -0.1) is 0 Å². The first-order valence-electron chi connectivity index (χ1n) is 8.05. The maximum absolute atomic E-state index is 13.2. The fraction of sp³-hybridized carbons (Fsp3) is 0.588. The van der Waals surface area contributed by atoms with Crippen molar-refractivity contribution in [1.29, 1.82) is 0 Å². The highest BCUT2D eigenvalue weighted by Crippen LogP contribution is 2.18. The number of hydrogen-bond acceptors (Lipinski definition) is 2. The molecule has 2 rings (SSSR count). The fourth-order valence-corrected chi connectivity index (χ4v) is 3.33. The lowest BCUT2D eigenvalue weighted by Crippen LogP contribution is -2.38. The Hall–Kier alpha value is -0.940. The van der Waals surface area contributed by atoms with Gasteiger partial charge in [0.05, 0.1) is 5.56 Å². The number of unbranched alkanes of at least 4 members (excludes halogenated alkanes) is 1. The van der Waals surface area contributed by atoms with Gasteiger partial charge in [0, 0.05) is 17.1 Å². The van der Waals surface area contributed by atoms with Gasteiger partial charge in [0.15, 0.2) is 0 Å². The van der Waals surface area contributed by atoms with Crippen molar-refractivity contribution in [2.45, 2.75) is 45.1 Å². The molecular weight excluding hydrogens is 347 g/mol. The molecule has 1 aliphatic rings. The van der Waals surface area contributed by atoms with Gasteiger partial charge >= 0.3 is 0 Å². The summed E-state index contributed by atoms with van der Waals surface area (Å²) in [4.78, 5) is 14.6. The molecule has 0 radical (unpaired) electrons. The zero-order chi connectivity index (χ0) is 15.9. The number of carbonyl (C=O) groups is 1. The fourth-order valence-electron chi connectivity index (χ4n) is 2.90. The highest BCUT2D eigenvalue weighted by atomic mass is 79.9. The Morgan fingerprint density at radius 2 is 2.23 bits per heavy atom. The van der Waals surface area contributed by atoms with Gasteiger partial charge in [0.1, 0.15) is 5.82 Å². The van der Waals surface area contributed by atoms with Crippen LogP contribution in [0.25, 0.3) is 0 Å². The van der Waals surface area contributed by atoms with E-state index in [0.717, 1.165) is 19.4 Å². The number of nitrogens with zero attached hydrogens (tertiary/aromatic N) is 1. The summed E-state index contributed by atoms with van der Waals surface area (Å²) in [6.07, 6.45) is 5.96. The lowest BCUT2D eigenvalue weighted by Gasteiger charge is -2.33. The van der Waals surface area contributed by atoms with Crippen LogP contribution in [-0.2, 0) is 0 Å². The third-order valence-corrected chi connectivity index (χ3v) is 4.96. The molecule has 3 nitrogen and oxygen atoms in total. The predicted molar refractivity (Wildman–Crippen MR) is 90.6 cm³/mol. The minimum absolute atomic E-state index is 0.224. The molecule has 1 N–H and O–H groups in total. The Labute approximate surface area is 140 Å². The first kappa shape index (κ1) is 17.4. The number of piperidine rings is 1. The van der Waals surface area contributed by atoms with Gasteiger partial charge in [-0.3, -0.25) is 4.79 Å². The molecule has 0 bridgehead atoms. The van der Waals surface area contributed by atoms with Crippen molar-refractivity contribution in [1.82, 2.24) is 10.2 Å². The number of nitrogens with one attached hydrogen (secondary N) is 1. The quantitative estimate of drug-likeness (QED) is 0.768. The number of hydrogen-bond donors (Lipinski definition) is 1. The summed E-state index contributed by atoms with van der Waals surface area (Å²) in [7, 11) is 0. The summed E-state index contributed by atoms with van der Waals surface area (Å²) in [6.45, 7) is 5.22. The first-order valence-corrected chi connectivity index (χ1v) is 8.84. The zero-order valence-electron chi connectivity index (χ0n) is 13.1. The summed E-state index contributed by atoms with van der Waals surface area (Å²) >= 11 is 3.28. The van der Waals surface area contributed by atoms with E-state index in [2.05, 4.69) is 33.1 Å². The summed E-state index contributed by atoms with van der Waals surface area (Å²) in [6, 6.07) is 4.84. The van der Waals surface area contributed by atoms with Crippen LogP contribution in [0.3, 0.4) is 0 Å². The van der Waals surface area contributed by atoms with Gasteiger partial charge in [-0.2, -0.15) is 0 Å². The Bertz CT molecular complexity index is 509. The second-order valence-corrected chi connectivity index (χ2v) is 6.82. The summed E-state index contributed by atoms with van der Waals surface area (Å²) in [5.41, 5.74) is 0.352. The van der Waals surface area contributed by atoms with Crippen molar-refractivity contribution in [3.05, 3.63) is 34.1 Å². The van der Waals surface area contributed by atoms with Crippen LogP contribution >= 0.6 is 15.9 Å². The molecular formula is C17H24BrFN2O. The van der Waals surface area contributed by atoms with Crippen LogP contribution < -0.4 is 5.32 Å². The van der Waals surface area contributed by atoms with Gasteiger partial charge in [-0.1, -0.05) is 6.42 Å². The average Bonchev–Trinajstić information content (AvgIpc) is 2.51. The molecule has 1 aromatic rings. The van der Waals surface area contributed by atoms with Gasteiger partial charge in [0.2, 0.25) is 0 Å². The molecule has 0 aromatic heterocycles. The van der Waals surface area contributed by atoms with Crippen molar-refractivity contribution in [2.24, 2.45) is 0 Å². The van der Waals surface area contributed by atoms with Crippen molar-refractivity contribution in [3.63, 3.8) is 0 Å². The van der Waals surface area contributed by atoms with E-state index in [4.69, 9.17) is 0 Å². The Morgan fingerprint density at radius 3 is 3.00 bits per heavy atom. The van der Waals surface area contributed by atoms with Gasteiger partial charge in [-0.05, 0) is 79.8 Å². The largest absolute Gasteiger partial charge is 0.352 e. The molecule has 0 aliphatic carbocycles. The maximum atomic E-state index is 13.2. The molecule has 1 saturated heterocycles. The molecule has 1 aliphatic heterocycles. The van der Waals surface area contributed by atoms with Crippen LogP contribution in [0.4, 0.5) is 4.39 Å². The molecule has 5 heteroatoms. The normalized spacial score (nSPS) is 19.1. The molecule has 1 heterocycles. The standard InChI is InChI=1S/C17H24BrFN2O/c1-13-6-2-4-10-21(13)11-5-3-9-20-17(22)15-12-14(19)7-8-16(15)18/h7-8,12-13H,2-6,9-11H2,1H3,(H,20,22). The number of carbonyl (C=O) groups excluding carboxylic acids is 1. The summed E-state index contributed by atoms with van der Waals surface area (Å²) in [5.74, 6) is -0.620. The van der Waals surface area contributed by atoms with Crippen LogP contribution in [0.1, 0.15) is 49.4 Å². The third kappa shape index (κ3) is 5.06. The zero-order valence-corrected chi connectivity index (χ0v) is 14.7. The van der Waals surface area contributed by atoms with E-state index in [1.54, 1.807) is 6.07 Å². The van der Waals surface area contributed by atoms with Gasteiger partial charge in [-0.25, -0.2) is 4.39 Å². The Morgan fingerprint density at radius 1 is 1.41 bits per heavy atom. The highest BCUT2D eigenvalue weighted by molar-refractivity contribution is 9.10. The molecule has 1 unspecified atom stereocenters. The van der Waals surface area contributed by atoms with Crippen LogP contribution in [0.5, 0.6) is 0 Å². The molecule has 1 aromatic carbocycles. The molecule has 0 spiro atoms. The predicted octanol–water partition coefficient (Wildman–Crippen LogP) is 3.97. The van der Waals surface area contributed by atoms with Crippen molar-refractivity contribution in [2.75, 3.05) is 19.6 Å². The average molecular weight is 371 g/mol. The van der Waals surface area contributed by atoms with Gasteiger partial charge in [0.25, 0.3) is 5.91 Å². The summed E-state index contributed by atoms with van der Waals surface area (Å²) in [5, 5.41) is 2.86. The van der Waals surface area contributed by atoms with Crippen LogP contribution in [0.2, 0.25) is 0 Å². The van der Waals surface area contributed by atoms with Crippen LogP contribution in [-0.4, -0.2) is 36.5 Å². The van der Waals surface area contributed by atoms with E-state index < -0.39 is 5.82 Å².